The number of pyridine rings is 1. The number of aliphatic hydroxyl groups excluding tert-OH is 1. The SMILES string of the molecule is CC1(C)CC1c1ccc(-c2cc(F)c3cnc(N[C@@H]4CCOC[C@H]4O)nn23)nc1. The van der Waals surface area contributed by atoms with Crippen LogP contribution in [0.25, 0.3) is 16.9 Å². The van der Waals surface area contributed by atoms with Gasteiger partial charge < -0.3 is 15.2 Å². The molecule has 3 atom stereocenters. The minimum atomic E-state index is -0.634. The number of aromatic nitrogens is 4. The van der Waals surface area contributed by atoms with E-state index in [1.165, 1.54) is 22.3 Å². The van der Waals surface area contributed by atoms with Crippen LogP contribution in [0.1, 0.15) is 38.2 Å². The first-order valence-corrected chi connectivity index (χ1v) is 9.95. The smallest absolute Gasteiger partial charge is 0.241 e. The fraction of sp³-hybridized carbons (Fsp3) is 0.476. The van der Waals surface area contributed by atoms with E-state index in [1.54, 1.807) is 0 Å². The van der Waals surface area contributed by atoms with E-state index in [0.29, 0.717) is 41.7 Å². The van der Waals surface area contributed by atoms with Crippen LogP contribution in [0.4, 0.5) is 10.3 Å². The third-order valence-corrected chi connectivity index (χ3v) is 6.07. The molecule has 3 aromatic heterocycles. The average Bonchev–Trinajstić information content (AvgIpc) is 3.23. The van der Waals surface area contributed by atoms with Crippen LogP contribution in [0.2, 0.25) is 0 Å². The molecular weight excluding hydrogens is 373 g/mol. The van der Waals surface area contributed by atoms with Crippen LogP contribution in [-0.2, 0) is 4.74 Å². The number of nitrogens with one attached hydrogen (secondary N) is 1. The maximum Gasteiger partial charge on any atom is 0.241 e. The predicted octanol–water partition coefficient (Wildman–Crippen LogP) is 3.01. The average molecular weight is 397 g/mol. The molecule has 7 nitrogen and oxygen atoms in total. The van der Waals surface area contributed by atoms with Crippen molar-refractivity contribution in [3.8, 4) is 11.4 Å². The first-order chi connectivity index (χ1) is 13.9. The van der Waals surface area contributed by atoms with Crippen molar-refractivity contribution in [2.45, 2.75) is 44.8 Å². The van der Waals surface area contributed by atoms with Gasteiger partial charge in [-0.3, -0.25) is 4.98 Å². The molecule has 0 radical (unpaired) electrons. The van der Waals surface area contributed by atoms with Crippen LogP contribution in [0.3, 0.4) is 0 Å². The lowest BCUT2D eigenvalue weighted by molar-refractivity contribution is -0.0136. The van der Waals surface area contributed by atoms with E-state index in [1.807, 2.05) is 12.3 Å². The first kappa shape index (κ1) is 18.4. The van der Waals surface area contributed by atoms with Gasteiger partial charge in [0.05, 0.1) is 36.3 Å². The summed E-state index contributed by atoms with van der Waals surface area (Å²) in [6.45, 7) is 5.34. The Labute approximate surface area is 167 Å². The summed E-state index contributed by atoms with van der Waals surface area (Å²) in [5.74, 6) is 0.470. The molecule has 152 valence electrons. The highest BCUT2D eigenvalue weighted by Gasteiger charge is 2.46. The molecule has 3 aromatic rings. The highest BCUT2D eigenvalue weighted by Crippen LogP contribution is 2.58. The molecule has 29 heavy (non-hydrogen) atoms. The Balaban J connectivity index is 1.46. The number of hydrogen-bond donors (Lipinski definition) is 2. The Bertz CT molecular complexity index is 1050. The third kappa shape index (κ3) is 3.36. The monoisotopic (exact) mass is 397 g/mol. The zero-order valence-corrected chi connectivity index (χ0v) is 16.5. The Hall–Kier alpha value is -2.58. The van der Waals surface area contributed by atoms with Crippen molar-refractivity contribution in [3.05, 3.63) is 42.0 Å². The summed E-state index contributed by atoms with van der Waals surface area (Å²) in [5, 5.41) is 17.7. The molecule has 4 heterocycles. The van der Waals surface area contributed by atoms with Crippen molar-refractivity contribution in [1.82, 2.24) is 19.6 Å². The second kappa shape index (κ2) is 6.74. The summed E-state index contributed by atoms with van der Waals surface area (Å²) in [5.41, 5.74) is 3.05. The van der Waals surface area contributed by atoms with Crippen LogP contribution in [0, 0.1) is 11.2 Å². The van der Waals surface area contributed by atoms with Gasteiger partial charge in [-0.25, -0.2) is 13.9 Å². The van der Waals surface area contributed by atoms with Crippen LogP contribution >= 0.6 is 0 Å². The van der Waals surface area contributed by atoms with Gasteiger partial charge in [0.15, 0.2) is 5.82 Å². The maximum atomic E-state index is 14.5. The normalized spacial score (nSPS) is 25.9. The second-order valence-electron chi connectivity index (χ2n) is 8.66. The molecule has 1 saturated carbocycles. The molecular formula is C21H24FN5O2. The zero-order valence-electron chi connectivity index (χ0n) is 16.5. The number of fused-ring (bicyclic) bond motifs is 1. The Kier molecular flexibility index (Phi) is 4.29. The first-order valence-electron chi connectivity index (χ1n) is 9.95. The molecule has 1 aliphatic carbocycles. The van der Waals surface area contributed by atoms with E-state index < -0.39 is 11.9 Å². The second-order valence-corrected chi connectivity index (χ2v) is 8.66. The third-order valence-electron chi connectivity index (χ3n) is 6.07. The van der Waals surface area contributed by atoms with E-state index in [2.05, 4.69) is 40.3 Å². The summed E-state index contributed by atoms with van der Waals surface area (Å²) in [4.78, 5) is 8.78. The predicted molar refractivity (Wildman–Crippen MR) is 106 cm³/mol. The van der Waals surface area contributed by atoms with Crippen molar-refractivity contribution < 1.29 is 14.2 Å². The molecule has 5 rings (SSSR count). The minimum Gasteiger partial charge on any atom is -0.389 e. The van der Waals surface area contributed by atoms with Crippen molar-refractivity contribution in [1.29, 1.82) is 0 Å². The summed E-state index contributed by atoms with van der Waals surface area (Å²) in [6.07, 6.45) is 4.50. The summed E-state index contributed by atoms with van der Waals surface area (Å²) < 4.78 is 21.2. The number of hydrogen-bond acceptors (Lipinski definition) is 6. The van der Waals surface area contributed by atoms with Gasteiger partial charge in [0.1, 0.15) is 5.52 Å². The van der Waals surface area contributed by atoms with Gasteiger partial charge in [-0.2, -0.15) is 0 Å². The van der Waals surface area contributed by atoms with Gasteiger partial charge in [-0.15, -0.1) is 5.10 Å². The highest BCUT2D eigenvalue weighted by atomic mass is 19.1. The van der Waals surface area contributed by atoms with E-state index >= 15 is 0 Å². The van der Waals surface area contributed by atoms with Gasteiger partial charge >= 0.3 is 0 Å². The van der Waals surface area contributed by atoms with Gasteiger partial charge in [0.2, 0.25) is 5.95 Å². The molecule has 1 saturated heterocycles. The lowest BCUT2D eigenvalue weighted by Crippen LogP contribution is -2.42. The number of halogens is 1. The number of ether oxygens (including phenoxy) is 1. The van der Waals surface area contributed by atoms with Gasteiger partial charge in [0.25, 0.3) is 0 Å². The molecule has 0 spiro atoms. The lowest BCUT2D eigenvalue weighted by atomic mass is 10.0. The van der Waals surface area contributed by atoms with Crippen LogP contribution < -0.4 is 5.32 Å². The zero-order chi connectivity index (χ0) is 20.2. The Morgan fingerprint density at radius 1 is 1.28 bits per heavy atom. The van der Waals surface area contributed by atoms with Gasteiger partial charge in [0, 0.05) is 18.9 Å². The maximum absolute atomic E-state index is 14.5. The Morgan fingerprint density at radius 2 is 2.10 bits per heavy atom. The lowest BCUT2D eigenvalue weighted by Gasteiger charge is -2.28. The summed E-state index contributed by atoms with van der Waals surface area (Å²) >= 11 is 0. The molecule has 0 aromatic carbocycles. The molecule has 1 unspecified atom stereocenters. The molecule has 0 bridgehead atoms. The number of rotatable bonds is 4. The summed E-state index contributed by atoms with van der Waals surface area (Å²) in [7, 11) is 0. The molecule has 2 fully saturated rings. The highest BCUT2D eigenvalue weighted by molar-refractivity contribution is 5.64. The van der Waals surface area contributed by atoms with E-state index in [0.717, 1.165) is 6.42 Å². The standard InChI is InChI=1S/C21H24FN5O2/c1-21(2)8-13(21)12-3-4-15(23-9-12)17-7-14(22)18-10-24-20(26-27(17)18)25-16-5-6-29-11-19(16)28/h3-4,7,9-10,13,16,19,28H,5-6,8,11H2,1-2H3,(H,25,26)/t13?,16-,19-/m1/s1. The largest absolute Gasteiger partial charge is 0.389 e. The van der Waals surface area contributed by atoms with Crippen LogP contribution in [-0.4, -0.2) is 50.0 Å². The van der Waals surface area contributed by atoms with Gasteiger partial charge in [-0.1, -0.05) is 19.9 Å². The number of aliphatic hydroxyl groups is 1. The van der Waals surface area contributed by atoms with Crippen molar-refractivity contribution >= 4 is 11.5 Å². The molecule has 2 aliphatic rings. The molecule has 8 heteroatoms. The van der Waals surface area contributed by atoms with Crippen molar-refractivity contribution in [3.63, 3.8) is 0 Å². The Morgan fingerprint density at radius 3 is 2.79 bits per heavy atom. The number of anilines is 1. The van der Waals surface area contributed by atoms with Crippen LogP contribution in [0.15, 0.2) is 30.6 Å². The van der Waals surface area contributed by atoms with Crippen molar-refractivity contribution in [2.75, 3.05) is 18.5 Å². The van der Waals surface area contributed by atoms with Crippen molar-refractivity contribution in [2.24, 2.45) is 5.41 Å². The van der Waals surface area contributed by atoms with Gasteiger partial charge in [-0.05, 0) is 35.8 Å². The molecule has 0 amide bonds. The molecule has 2 N–H and O–H groups in total. The minimum absolute atomic E-state index is 0.204. The fourth-order valence-corrected chi connectivity index (χ4v) is 4.06. The van der Waals surface area contributed by atoms with Crippen LogP contribution in [0.5, 0.6) is 0 Å². The molecule has 1 aliphatic heterocycles. The topological polar surface area (TPSA) is 84.6 Å². The fourth-order valence-electron chi connectivity index (χ4n) is 4.06. The van der Waals surface area contributed by atoms with E-state index in [-0.39, 0.29) is 18.2 Å². The number of nitrogens with zero attached hydrogens (tertiary/aromatic N) is 4. The quantitative estimate of drug-likeness (QED) is 0.704. The van der Waals surface area contributed by atoms with E-state index in [4.69, 9.17) is 4.74 Å². The van der Waals surface area contributed by atoms with E-state index in [9.17, 15) is 9.50 Å². The summed E-state index contributed by atoms with van der Waals surface area (Å²) in [6, 6.07) is 5.21.